The lowest BCUT2D eigenvalue weighted by molar-refractivity contribution is -0.166. The van der Waals surface area contributed by atoms with E-state index in [0.29, 0.717) is 5.56 Å². The third-order valence-electron chi connectivity index (χ3n) is 2.84. The zero-order valence-corrected chi connectivity index (χ0v) is 15.4. The molecule has 6 nitrogen and oxygen atoms in total. The normalized spacial score (nSPS) is 17.0. The number of benzene rings is 1. The van der Waals surface area contributed by atoms with E-state index in [1.54, 1.807) is 26.0 Å². The van der Waals surface area contributed by atoms with Crippen LogP contribution in [-0.4, -0.2) is 28.2 Å². The summed E-state index contributed by atoms with van der Waals surface area (Å²) in [5.74, 6) is 0.118. The van der Waals surface area contributed by atoms with Gasteiger partial charge in [0, 0.05) is 4.90 Å². The van der Waals surface area contributed by atoms with E-state index in [1.807, 2.05) is 0 Å². The standard InChI is InChI=1S/C13H16F3N5OS.BrH/c1-12(2)20-10(17)19-11(18)21(12)22-7-8-3-5-9(6-4-8)23-13(14,15)16;/h3-6H,7H2,1-2H3,(H4,17,18,19,20);1H. The van der Waals surface area contributed by atoms with Gasteiger partial charge in [-0.05, 0) is 43.3 Å². The summed E-state index contributed by atoms with van der Waals surface area (Å²) in [5, 5.41) is 1.31. The predicted octanol–water partition coefficient (Wildman–Crippen LogP) is 2.99. The smallest absolute Gasteiger partial charge is 0.368 e. The summed E-state index contributed by atoms with van der Waals surface area (Å²) in [6.07, 6.45) is 0. The summed E-state index contributed by atoms with van der Waals surface area (Å²) in [6.45, 7) is 3.58. The minimum atomic E-state index is -4.31. The van der Waals surface area contributed by atoms with Gasteiger partial charge in [0.25, 0.3) is 0 Å². The van der Waals surface area contributed by atoms with Crippen LogP contribution >= 0.6 is 28.7 Å². The molecular formula is C13H17BrF3N5OS. The van der Waals surface area contributed by atoms with Crippen LogP contribution in [0.5, 0.6) is 0 Å². The average Bonchev–Trinajstić information content (AvgIpc) is 2.36. The molecule has 134 valence electrons. The van der Waals surface area contributed by atoms with Crippen LogP contribution in [0.3, 0.4) is 0 Å². The Morgan fingerprint density at radius 3 is 2.29 bits per heavy atom. The van der Waals surface area contributed by atoms with Crippen molar-refractivity contribution in [2.24, 2.45) is 21.5 Å². The van der Waals surface area contributed by atoms with Crippen LogP contribution in [0.2, 0.25) is 0 Å². The maximum absolute atomic E-state index is 12.3. The Labute approximate surface area is 151 Å². The number of nitrogens with two attached hydrogens (primary N) is 2. The molecule has 1 aromatic carbocycles. The molecule has 4 N–H and O–H groups in total. The van der Waals surface area contributed by atoms with E-state index in [-0.39, 0.29) is 52.2 Å². The van der Waals surface area contributed by atoms with Gasteiger partial charge in [-0.2, -0.15) is 23.2 Å². The zero-order chi connectivity index (χ0) is 17.3. The number of hydroxylamine groups is 2. The first-order valence-electron chi connectivity index (χ1n) is 6.54. The summed E-state index contributed by atoms with van der Waals surface area (Å²) in [5.41, 5.74) is 6.85. The molecule has 0 aromatic heterocycles. The first-order valence-corrected chi connectivity index (χ1v) is 7.36. The van der Waals surface area contributed by atoms with Gasteiger partial charge >= 0.3 is 5.51 Å². The lowest BCUT2D eigenvalue weighted by Gasteiger charge is -2.36. The maximum atomic E-state index is 12.3. The second-order valence-electron chi connectivity index (χ2n) is 5.19. The van der Waals surface area contributed by atoms with Crippen molar-refractivity contribution in [1.82, 2.24) is 5.06 Å². The Kier molecular flexibility index (Phi) is 6.53. The molecule has 11 heteroatoms. The van der Waals surface area contributed by atoms with Crippen molar-refractivity contribution in [1.29, 1.82) is 0 Å². The Bertz CT molecular complexity index is 633. The Balaban J connectivity index is 0.00000288. The van der Waals surface area contributed by atoms with Crippen LogP contribution in [0, 0.1) is 0 Å². The van der Waals surface area contributed by atoms with Crippen molar-refractivity contribution < 1.29 is 18.0 Å². The molecule has 0 fully saturated rings. The van der Waals surface area contributed by atoms with Gasteiger partial charge in [0.05, 0.1) is 0 Å². The quantitative estimate of drug-likeness (QED) is 0.720. The van der Waals surface area contributed by atoms with Gasteiger partial charge in [-0.25, -0.2) is 4.99 Å². The van der Waals surface area contributed by atoms with E-state index in [4.69, 9.17) is 16.3 Å². The number of hydrogen-bond donors (Lipinski definition) is 2. The summed E-state index contributed by atoms with van der Waals surface area (Å²) >= 11 is -0.166. The molecule has 0 saturated carbocycles. The Hall–Kier alpha value is -1.46. The van der Waals surface area contributed by atoms with Crippen molar-refractivity contribution in [3.8, 4) is 0 Å². The molecule has 1 aromatic rings. The number of aliphatic imine (C=N–C) groups is 2. The number of alkyl halides is 3. The number of hydrogen-bond acceptors (Lipinski definition) is 7. The molecule has 1 heterocycles. The summed E-state index contributed by atoms with van der Waals surface area (Å²) in [6, 6.07) is 5.86. The molecule has 0 bridgehead atoms. The molecule has 0 spiro atoms. The highest BCUT2D eigenvalue weighted by Gasteiger charge is 2.33. The molecule has 1 aliphatic heterocycles. The lowest BCUT2D eigenvalue weighted by atomic mass is 10.2. The SMILES string of the molecule is Br.CC1(C)N=C(N)N=C(N)N1OCc1ccc(SC(F)(F)F)cc1. The molecule has 0 saturated heterocycles. The van der Waals surface area contributed by atoms with Gasteiger partial charge < -0.3 is 11.5 Å². The number of rotatable bonds is 4. The molecule has 0 aliphatic carbocycles. The molecule has 0 radical (unpaired) electrons. The van der Waals surface area contributed by atoms with E-state index in [0.717, 1.165) is 0 Å². The van der Waals surface area contributed by atoms with Gasteiger partial charge in [0.15, 0.2) is 5.66 Å². The van der Waals surface area contributed by atoms with Gasteiger partial charge in [-0.1, -0.05) is 12.1 Å². The number of guanidine groups is 2. The number of nitrogens with zero attached hydrogens (tertiary/aromatic N) is 3. The predicted molar refractivity (Wildman–Crippen MR) is 92.6 cm³/mol. The van der Waals surface area contributed by atoms with E-state index in [2.05, 4.69) is 9.98 Å². The van der Waals surface area contributed by atoms with Crippen molar-refractivity contribution >= 4 is 40.7 Å². The van der Waals surface area contributed by atoms with E-state index in [9.17, 15) is 13.2 Å². The highest BCUT2D eigenvalue weighted by molar-refractivity contribution is 8.93. The van der Waals surface area contributed by atoms with Crippen LogP contribution in [0.1, 0.15) is 19.4 Å². The maximum Gasteiger partial charge on any atom is 0.446 e. The summed E-state index contributed by atoms with van der Waals surface area (Å²) in [4.78, 5) is 13.6. The fourth-order valence-electron chi connectivity index (χ4n) is 1.94. The highest BCUT2D eigenvalue weighted by atomic mass is 79.9. The van der Waals surface area contributed by atoms with Crippen LogP contribution < -0.4 is 11.5 Å². The van der Waals surface area contributed by atoms with Gasteiger partial charge in [-0.3, -0.25) is 4.84 Å². The number of thioether (sulfide) groups is 1. The largest absolute Gasteiger partial charge is 0.446 e. The van der Waals surface area contributed by atoms with E-state index in [1.165, 1.54) is 17.2 Å². The molecular weight excluding hydrogens is 411 g/mol. The van der Waals surface area contributed by atoms with E-state index >= 15 is 0 Å². The Morgan fingerprint density at radius 2 is 1.79 bits per heavy atom. The second-order valence-corrected chi connectivity index (χ2v) is 6.33. The third-order valence-corrected chi connectivity index (χ3v) is 3.58. The van der Waals surface area contributed by atoms with E-state index < -0.39 is 11.2 Å². The van der Waals surface area contributed by atoms with Crippen LogP contribution in [0.4, 0.5) is 13.2 Å². The molecule has 24 heavy (non-hydrogen) atoms. The van der Waals surface area contributed by atoms with Crippen LogP contribution in [0.25, 0.3) is 0 Å². The fourth-order valence-corrected chi connectivity index (χ4v) is 2.48. The monoisotopic (exact) mass is 427 g/mol. The van der Waals surface area contributed by atoms with Crippen LogP contribution in [0.15, 0.2) is 39.1 Å². The van der Waals surface area contributed by atoms with Gasteiger partial charge in [-0.15, -0.1) is 17.0 Å². The molecule has 1 aliphatic rings. The fraction of sp³-hybridized carbons (Fsp3) is 0.385. The summed E-state index contributed by atoms with van der Waals surface area (Å²) < 4.78 is 36.8. The van der Waals surface area contributed by atoms with Crippen LogP contribution in [-0.2, 0) is 11.4 Å². The van der Waals surface area contributed by atoms with Gasteiger partial charge in [0.2, 0.25) is 11.9 Å². The summed E-state index contributed by atoms with van der Waals surface area (Å²) in [7, 11) is 0. The van der Waals surface area contributed by atoms with Gasteiger partial charge in [0.1, 0.15) is 6.61 Å². The number of halogens is 4. The highest BCUT2D eigenvalue weighted by Crippen LogP contribution is 2.36. The molecule has 0 unspecified atom stereocenters. The zero-order valence-electron chi connectivity index (χ0n) is 12.9. The first-order chi connectivity index (χ1) is 10.6. The minimum Gasteiger partial charge on any atom is -0.368 e. The van der Waals surface area contributed by atoms with Crippen molar-refractivity contribution in [2.75, 3.05) is 0 Å². The molecule has 0 amide bonds. The minimum absolute atomic E-state index is 0. The van der Waals surface area contributed by atoms with Crippen molar-refractivity contribution in [3.05, 3.63) is 29.8 Å². The van der Waals surface area contributed by atoms with Crippen molar-refractivity contribution in [3.63, 3.8) is 0 Å². The molecule has 0 atom stereocenters. The third kappa shape index (κ3) is 5.56. The lowest BCUT2D eigenvalue weighted by Crippen LogP contribution is -2.53. The van der Waals surface area contributed by atoms with Crippen molar-refractivity contribution in [2.45, 2.75) is 36.5 Å². The molecule has 2 rings (SSSR count). The second kappa shape index (κ2) is 7.62. The Morgan fingerprint density at radius 1 is 1.21 bits per heavy atom. The first kappa shape index (κ1) is 20.6. The topological polar surface area (TPSA) is 89.2 Å². The average molecular weight is 428 g/mol.